The SMILES string of the molecule is C=CCSCCNc1cc(C(=O)O)cc(C(C)(C)C)n1. The largest absolute Gasteiger partial charge is 0.478 e. The summed E-state index contributed by atoms with van der Waals surface area (Å²) < 4.78 is 0. The molecule has 2 N–H and O–H groups in total. The van der Waals surface area contributed by atoms with Gasteiger partial charge in [0.1, 0.15) is 5.82 Å². The molecule has 0 bridgehead atoms. The van der Waals surface area contributed by atoms with Crippen LogP contribution in [0.5, 0.6) is 0 Å². The fraction of sp³-hybridized carbons (Fsp3) is 0.467. The monoisotopic (exact) mass is 294 g/mol. The van der Waals surface area contributed by atoms with Crippen molar-refractivity contribution in [3.8, 4) is 0 Å². The fourth-order valence-electron chi connectivity index (χ4n) is 1.55. The predicted molar refractivity (Wildman–Crippen MR) is 85.9 cm³/mol. The van der Waals surface area contributed by atoms with E-state index >= 15 is 0 Å². The average Bonchev–Trinajstić information content (AvgIpc) is 2.37. The molecule has 0 aliphatic heterocycles. The first-order valence-corrected chi connectivity index (χ1v) is 7.68. The first-order chi connectivity index (χ1) is 9.34. The molecule has 5 heteroatoms. The Labute approximate surface area is 124 Å². The first kappa shape index (κ1) is 16.6. The molecule has 1 rings (SSSR count). The van der Waals surface area contributed by atoms with E-state index < -0.39 is 5.97 Å². The van der Waals surface area contributed by atoms with Crippen molar-refractivity contribution in [2.24, 2.45) is 0 Å². The molecule has 0 spiro atoms. The summed E-state index contributed by atoms with van der Waals surface area (Å²) in [6, 6.07) is 3.22. The number of nitrogens with one attached hydrogen (secondary N) is 1. The van der Waals surface area contributed by atoms with Crippen molar-refractivity contribution in [1.29, 1.82) is 0 Å². The molecule has 110 valence electrons. The van der Waals surface area contributed by atoms with Crippen LogP contribution in [0.25, 0.3) is 0 Å². The van der Waals surface area contributed by atoms with E-state index in [0.29, 0.717) is 5.82 Å². The van der Waals surface area contributed by atoms with E-state index in [4.69, 9.17) is 0 Å². The fourth-order valence-corrected chi connectivity index (χ4v) is 2.13. The van der Waals surface area contributed by atoms with Crippen LogP contribution in [0, 0.1) is 0 Å². The highest BCUT2D eigenvalue weighted by Gasteiger charge is 2.18. The van der Waals surface area contributed by atoms with E-state index in [-0.39, 0.29) is 11.0 Å². The van der Waals surface area contributed by atoms with Crippen molar-refractivity contribution < 1.29 is 9.90 Å². The highest BCUT2D eigenvalue weighted by Crippen LogP contribution is 2.23. The number of hydrogen-bond acceptors (Lipinski definition) is 4. The zero-order chi connectivity index (χ0) is 15.2. The second-order valence-electron chi connectivity index (χ2n) is 5.47. The highest BCUT2D eigenvalue weighted by molar-refractivity contribution is 7.99. The quantitative estimate of drug-likeness (QED) is 0.596. The Morgan fingerprint density at radius 1 is 1.50 bits per heavy atom. The summed E-state index contributed by atoms with van der Waals surface area (Å²) in [6.45, 7) is 10.5. The van der Waals surface area contributed by atoms with Crippen LogP contribution >= 0.6 is 11.8 Å². The standard InChI is InChI=1S/C15H22N2O2S/c1-5-7-20-8-6-16-13-10-11(14(18)19)9-12(17-13)15(2,3)4/h5,9-10H,1,6-8H2,2-4H3,(H,16,17)(H,18,19). The number of anilines is 1. The van der Waals surface area contributed by atoms with Gasteiger partial charge in [-0.05, 0) is 12.1 Å². The predicted octanol–water partition coefficient (Wildman–Crippen LogP) is 3.41. The van der Waals surface area contributed by atoms with Gasteiger partial charge in [-0.1, -0.05) is 26.8 Å². The number of hydrogen-bond donors (Lipinski definition) is 2. The smallest absolute Gasteiger partial charge is 0.335 e. The number of rotatable bonds is 7. The molecule has 1 aromatic heterocycles. The van der Waals surface area contributed by atoms with E-state index in [9.17, 15) is 9.90 Å². The van der Waals surface area contributed by atoms with Crippen molar-refractivity contribution in [2.75, 3.05) is 23.4 Å². The molecule has 0 radical (unpaired) electrons. The highest BCUT2D eigenvalue weighted by atomic mass is 32.2. The van der Waals surface area contributed by atoms with E-state index in [0.717, 1.165) is 23.7 Å². The number of aromatic nitrogens is 1. The summed E-state index contributed by atoms with van der Waals surface area (Å²) in [4.78, 5) is 15.7. The third kappa shape index (κ3) is 5.25. The maximum Gasteiger partial charge on any atom is 0.335 e. The first-order valence-electron chi connectivity index (χ1n) is 6.53. The van der Waals surface area contributed by atoms with Crippen LogP contribution in [0.4, 0.5) is 5.82 Å². The molecule has 20 heavy (non-hydrogen) atoms. The molecule has 0 aromatic carbocycles. The lowest BCUT2D eigenvalue weighted by molar-refractivity contribution is 0.0696. The van der Waals surface area contributed by atoms with Gasteiger partial charge in [-0.2, -0.15) is 11.8 Å². The van der Waals surface area contributed by atoms with Crippen molar-refractivity contribution in [3.05, 3.63) is 36.0 Å². The number of pyridine rings is 1. The molecule has 0 amide bonds. The van der Waals surface area contributed by atoms with Crippen molar-refractivity contribution in [1.82, 2.24) is 4.98 Å². The van der Waals surface area contributed by atoms with Gasteiger partial charge < -0.3 is 10.4 Å². The number of nitrogens with zero attached hydrogens (tertiary/aromatic N) is 1. The Balaban J connectivity index is 2.81. The molecule has 4 nitrogen and oxygen atoms in total. The minimum absolute atomic E-state index is 0.181. The maximum absolute atomic E-state index is 11.2. The third-order valence-corrected chi connectivity index (χ3v) is 3.59. The van der Waals surface area contributed by atoms with E-state index in [1.807, 2.05) is 26.8 Å². The lowest BCUT2D eigenvalue weighted by Gasteiger charge is -2.19. The summed E-state index contributed by atoms with van der Waals surface area (Å²) in [5.74, 6) is 1.53. The summed E-state index contributed by atoms with van der Waals surface area (Å²) in [5, 5.41) is 12.4. The molecule has 0 atom stereocenters. The zero-order valence-corrected chi connectivity index (χ0v) is 13.1. The van der Waals surface area contributed by atoms with Crippen LogP contribution in [-0.4, -0.2) is 34.1 Å². The van der Waals surface area contributed by atoms with Crippen LogP contribution in [0.3, 0.4) is 0 Å². The second-order valence-corrected chi connectivity index (χ2v) is 6.62. The van der Waals surface area contributed by atoms with Gasteiger partial charge in [0.15, 0.2) is 0 Å². The van der Waals surface area contributed by atoms with E-state index in [1.54, 1.807) is 23.9 Å². The van der Waals surface area contributed by atoms with Gasteiger partial charge in [-0.25, -0.2) is 9.78 Å². The van der Waals surface area contributed by atoms with Crippen LogP contribution in [0.1, 0.15) is 36.8 Å². The molecular formula is C15H22N2O2S. The minimum Gasteiger partial charge on any atom is -0.478 e. The van der Waals surface area contributed by atoms with Gasteiger partial charge in [0.2, 0.25) is 0 Å². The average molecular weight is 294 g/mol. The van der Waals surface area contributed by atoms with Gasteiger partial charge >= 0.3 is 5.97 Å². The van der Waals surface area contributed by atoms with Crippen LogP contribution in [-0.2, 0) is 5.41 Å². The molecule has 0 fully saturated rings. The topological polar surface area (TPSA) is 62.2 Å². The molecule has 0 saturated heterocycles. The second kappa shape index (κ2) is 7.33. The van der Waals surface area contributed by atoms with Crippen LogP contribution < -0.4 is 5.32 Å². The Kier molecular flexibility index (Phi) is 6.07. The third-order valence-electron chi connectivity index (χ3n) is 2.63. The van der Waals surface area contributed by atoms with Gasteiger partial charge in [-0.15, -0.1) is 6.58 Å². The Morgan fingerprint density at radius 2 is 2.20 bits per heavy atom. The van der Waals surface area contributed by atoms with Gasteiger partial charge in [0, 0.05) is 29.2 Å². The number of thioether (sulfide) groups is 1. The van der Waals surface area contributed by atoms with Crippen molar-refractivity contribution in [2.45, 2.75) is 26.2 Å². The Bertz CT molecular complexity index is 481. The van der Waals surface area contributed by atoms with Crippen LogP contribution in [0.15, 0.2) is 24.8 Å². The number of aromatic carboxylic acids is 1. The molecule has 1 aromatic rings. The van der Waals surface area contributed by atoms with E-state index in [2.05, 4.69) is 16.9 Å². The molecule has 0 saturated carbocycles. The molecule has 0 aliphatic carbocycles. The molecular weight excluding hydrogens is 272 g/mol. The lowest BCUT2D eigenvalue weighted by Crippen LogP contribution is -2.17. The Hall–Kier alpha value is -1.49. The maximum atomic E-state index is 11.2. The Morgan fingerprint density at radius 3 is 2.75 bits per heavy atom. The number of carboxylic acid groups (broad SMARTS) is 1. The summed E-state index contributed by atoms with van der Waals surface area (Å²) in [6.07, 6.45) is 1.87. The number of carbonyl (C=O) groups is 1. The lowest BCUT2D eigenvalue weighted by atomic mass is 9.91. The molecule has 1 heterocycles. The normalized spacial score (nSPS) is 11.2. The van der Waals surface area contributed by atoms with Crippen LogP contribution in [0.2, 0.25) is 0 Å². The number of carboxylic acids is 1. The molecule has 0 unspecified atom stereocenters. The van der Waals surface area contributed by atoms with Gasteiger partial charge in [-0.3, -0.25) is 0 Å². The van der Waals surface area contributed by atoms with Gasteiger partial charge in [0.25, 0.3) is 0 Å². The van der Waals surface area contributed by atoms with E-state index in [1.165, 1.54) is 0 Å². The van der Waals surface area contributed by atoms with Crippen molar-refractivity contribution in [3.63, 3.8) is 0 Å². The summed E-state index contributed by atoms with van der Waals surface area (Å²) >= 11 is 1.77. The molecule has 0 aliphatic rings. The van der Waals surface area contributed by atoms with Crippen molar-refractivity contribution >= 4 is 23.5 Å². The summed E-state index contributed by atoms with van der Waals surface area (Å²) in [5.41, 5.74) is 0.865. The summed E-state index contributed by atoms with van der Waals surface area (Å²) in [7, 11) is 0. The minimum atomic E-state index is -0.929. The zero-order valence-electron chi connectivity index (χ0n) is 12.3. The van der Waals surface area contributed by atoms with Gasteiger partial charge in [0.05, 0.1) is 5.56 Å².